The van der Waals surface area contributed by atoms with E-state index in [2.05, 4.69) is 10.3 Å². The molecule has 1 N–H and O–H groups in total. The normalized spacial score (nSPS) is 11.5. The fraction of sp³-hybridized carbons (Fsp3) is 0.774. The molecule has 13 nitrogen and oxygen atoms in total. The van der Waals surface area contributed by atoms with Crippen LogP contribution in [0.25, 0.3) is 0 Å². The van der Waals surface area contributed by atoms with Gasteiger partial charge < -0.3 is 47.9 Å². The van der Waals surface area contributed by atoms with Gasteiger partial charge in [0.05, 0.1) is 112 Å². The van der Waals surface area contributed by atoms with Gasteiger partial charge in [-0.3, -0.25) is 9.59 Å². The van der Waals surface area contributed by atoms with Crippen LogP contribution in [0.3, 0.4) is 0 Å². The molecule has 0 atom stereocenters. The number of carbonyl (C=O) groups excluding carboxylic acids is 2. The maximum Gasteiger partial charge on any atom is 0.308 e. The van der Waals surface area contributed by atoms with E-state index in [1.807, 2.05) is 39.0 Å². The number of nitrogens with one attached hydrogen (secondary N) is 1. The van der Waals surface area contributed by atoms with Crippen LogP contribution >= 0.6 is 21.6 Å². The van der Waals surface area contributed by atoms with Crippen molar-refractivity contribution in [2.24, 2.45) is 0 Å². The van der Waals surface area contributed by atoms with E-state index in [-0.39, 0.29) is 18.3 Å². The Balaban J connectivity index is 1.67. The van der Waals surface area contributed by atoms with E-state index in [1.165, 1.54) is 0 Å². The maximum atomic E-state index is 11.8. The number of nitrogens with zero attached hydrogens (tertiary/aromatic N) is 1. The minimum absolute atomic E-state index is 0.0144. The number of hydrogen-bond acceptors (Lipinski definition) is 14. The molecule has 1 rings (SSSR count). The molecule has 15 heteroatoms. The van der Waals surface area contributed by atoms with E-state index in [1.54, 1.807) is 27.8 Å². The highest BCUT2D eigenvalue weighted by molar-refractivity contribution is 8.76. The molecule has 1 aromatic rings. The first-order chi connectivity index (χ1) is 22.4. The van der Waals surface area contributed by atoms with Crippen molar-refractivity contribution in [2.45, 2.75) is 44.2 Å². The first-order valence-electron chi connectivity index (χ1n) is 15.7. The molecule has 0 aliphatic heterocycles. The highest BCUT2D eigenvalue weighted by Crippen LogP contribution is 2.29. The Morgan fingerprint density at radius 1 is 0.652 bits per heavy atom. The molecule has 0 spiro atoms. The fourth-order valence-corrected chi connectivity index (χ4v) is 5.04. The monoisotopic (exact) mass is 694 g/mol. The third-order valence-corrected chi connectivity index (χ3v) is 7.50. The lowest BCUT2D eigenvalue weighted by Gasteiger charge is -2.19. The molecular formula is C31H54N2O11S2. The molecule has 46 heavy (non-hydrogen) atoms. The average Bonchev–Trinajstić information content (AvgIpc) is 3.02. The van der Waals surface area contributed by atoms with Crippen molar-refractivity contribution < 1.29 is 52.2 Å². The largest absolute Gasteiger partial charge is 0.460 e. The molecule has 0 fully saturated rings. The van der Waals surface area contributed by atoms with Gasteiger partial charge in [0, 0.05) is 24.9 Å². The van der Waals surface area contributed by atoms with Gasteiger partial charge >= 0.3 is 5.97 Å². The van der Waals surface area contributed by atoms with E-state index in [4.69, 9.17) is 42.6 Å². The molecule has 0 aliphatic carbocycles. The van der Waals surface area contributed by atoms with Crippen LogP contribution < -0.4 is 5.32 Å². The quantitative estimate of drug-likeness (QED) is 0.0670. The predicted octanol–water partition coefficient (Wildman–Crippen LogP) is 3.19. The highest BCUT2D eigenvalue weighted by atomic mass is 33.1. The molecule has 266 valence electrons. The Hall–Kier alpha value is -1.53. The van der Waals surface area contributed by atoms with Gasteiger partial charge in [-0.15, -0.1) is 0 Å². The summed E-state index contributed by atoms with van der Waals surface area (Å²) in [7, 11) is 3.18. The predicted molar refractivity (Wildman–Crippen MR) is 177 cm³/mol. The van der Waals surface area contributed by atoms with Crippen LogP contribution in [-0.2, 0) is 52.2 Å². The third-order valence-electron chi connectivity index (χ3n) is 5.24. The Morgan fingerprint density at radius 3 is 1.54 bits per heavy atom. The van der Waals surface area contributed by atoms with Crippen molar-refractivity contribution >= 4 is 33.5 Å². The lowest BCUT2D eigenvalue weighted by molar-refractivity contribution is -0.156. The summed E-state index contributed by atoms with van der Waals surface area (Å²) in [6, 6.07) is 5.77. The summed E-state index contributed by atoms with van der Waals surface area (Å²) in [6.07, 6.45) is 2.44. The van der Waals surface area contributed by atoms with Crippen LogP contribution in [-0.4, -0.2) is 140 Å². The minimum atomic E-state index is -0.476. The Bertz CT molecular complexity index is 852. The van der Waals surface area contributed by atoms with E-state index < -0.39 is 5.60 Å². The summed E-state index contributed by atoms with van der Waals surface area (Å²) in [6.45, 7) is 13.3. The number of ether oxygens (including phenoxy) is 9. The van der Waals surface area contributed by atoms with Gasteiger partial charge in [-0.05, 0) is 43.7 Å². The third kappa shape index (κ3) is 31.1. The fourth-order valence-electron chi connectivity index (χ4n) is 3.17. The number of rotatable bonds is 32. The van der Waals surface area contributed by atoms with Crippen molar-refractivity contribution in [3.8, 4) is 0 Å². The summed E-state index contributed by atoms with van der Waals surface area (Å²) < 4.78 is 48.8. The van der Waals surface area contributed by atoms with Crippen LogP contribution in [0.1, 0.15) is 33.6 Å². The van der Waals surface area contributed by atoms with Crippen molar-refractivity contribution in [2.75, 3.05) is 118 Å². The zero-order valence-corrected chi connectivity index (χ0v) is 29.3. The van der Waals surface area contributed by atoms with Crippen LogP contribution in [0.2, 0.25) is 0 Å². The summed E-state index contributed by atoms with van der Waals surface area (Å²) in [5.74, 6) is 0.469. The van der Waals surface area contributed by atoms with Gasteiger partial charge in [0.1, 0.15) is 10.6 Å². The van der Waals surface area contributed by atoms with Gasteiger partial charge in [-0.2, -0.15) is 0 Å². The first-order valence-corrected chi connectivity index (χ1v) is 18.0. The second kappa shape index (κ2) is 30.8. The number of esters is 1. The number of hydrogen-bond donors (Lipinski definition) is 1. The Morgan fingerprint density at radius 2 is 1.11 bits per heavy atom. The van der Waals surface area contributed by atoms with Gasteiger partial charge in [-0.25, -0.2) is 4.98 Å². The molecule has 0 aliphatic rings. The second-order valence-electron chi connectivity index (χ2n) is 10.4. The molecule has 0 saturated carbocycles. The SMILES string of the molecule is CC(C)(C)OC(=O)CCOCCOCCOCCOCCOCCOCCOCCOCCNC(=O)CCSSc1ccccn1. The summed E-state index contributed by atoms with van der Waals surface area (Å²) >= 11 is 0. The van der Waals surface area contributed by atoms with Crippen molar-refractivity contribution in [1.82, 2.24) is 10.3 Å². The van der Waals surface area contributed by atoms with Gasteiger partial charge in [0.15, 0.2) is 0 Å². The zero-order valence-electron chi connectivity index (χ0n) is 27.7. The molecule has 0 aromatic carbocycles. The number of aromatic nitrogens is 1. The van der Waals surface area contributed by atoms with E-state index in [0.29, 0.717) is 119 Å². The summed E-state index contributed by atoms with van der Waals surface area (Å²) in [4.78, 5) is 27.6. The maximum absolute atomic E-state index is 11.8. The first kappa shape index (κ1) is 42.5. The molecule has 0 bridgehead atoms. The number of carbonyl (C=O) groups is 2. The standard InChI is InChI=1S/C31H54N2O11S2/c1-31(2,3)44-30(35)7-11-36-13-15-38-17-19-40-21-23-42-25-26-43-24-22-41-20-18-39-16-14-37-12-10-32-28(34)8-27-45-46-29-6-4-5-9-33-29/h4-6,9H,7-8,10-27H2,1-3H3,(H,32,34). The van der Waals surface area contributed by atoms with Crippen LogP contribution in [0.4, 0.5) is 0 Å². The number of pyridine rings is 1. The van der Waals surface area contributed by atoms with Crippen LogP contribution in [0, 0.1) is 0 Å². The lowest BCUT2D eigenvalue weighted by atomic mass is 10.2. The van der Waals surface area contributed by atoms with E-state index in [9.17, 15) is 9.59 Å². The molecule has 0 saturated heterocycles. The smallest absolute Gasteiger partial charge is 0.308 e. The zero-order chi connectivity index (χ0) is 33.4. The molecule has 1 heterocycles. The molecule has 0 unspecified atom stereocenters. The van der Waals surface area contributed by atoms with E-state index in [0.717, 1.165) is 10.8 Å². The van der Waals surface area contributed by atoms with Crippen molar-refractivity contribution in [1.29, 1.82) is 0 Å². The lowest BCUT2D eigenvalue weighted by Crippen LogP contribution is -2.27. The topological polar surface area (TPSA) is 142 Å². The second-order valence-corrected chi connectivity index (χ2v) is 12.8. The molecule has 1 aromatic heterocycles. The molecule has 0 radical (unpaired) electrons. The van der Waals surface area contributed by atoms with Gasteiger partial charge in [-0.1, -0.05) is 16.9 Å². The average molecular weight is 695 g/mol. The summed E-state index contributed by atoms with van der Waals surface area (Å²) in [5, 5.41) is 3.79. The van der Waals surface area contributed by atoms with Gasteiger partial charge in [0.25, 0.3) is 0 Å². The van der Waals surface area contributed by atoms with Crippen molar-refractivity contribution in [3.05, 3.63) is 24.4 Å². The van der Waals surface area contributed by atoms with Crippen molar-refractivity contribution in [3.63, 3.8) is 0 Å². The summed E-state index contributed by atoms with van der Waals surface area (Å²) in [5.41, 5.74) is -0.476. The minimum Gasteiger partial charge on any atom is -0.460 e. The van der Waals surface area contributed by atoms with Gasteiger partial charge in [0.2, 0.25) is 5.91 Å². The van der Waals surface area contributed by atoms with E-state index >= 15 is 0 Å². The Kier molecular flexibility index (Phi) is 28.4. The highest BCUT2D eigenvalue weighted by Gasteiger charge is 2.15. The van der Waals surface area contributed by atoms with Crippen LogP contribution in [0.5, 0.6) is 0 Å². The molecular weight excluding hydrogens is 640 g/mol. The Labute approximate surface area is 282 Å². The molecule has 1 amide bonds. The number of amides is 1. The van der Waals surface area contributed by atoms with Crippen LogP contribution in [0.15, 0.2) is 29.4 Å².